The van der Waals surface area contributed by atoms with Crippen LogP contribution < -0.4 is 14.8 Å². The van der Waals surface area contributed by atoms with Gasteiger partial charge in [0.15, 0.2) is 0 Å². The first-order chi connectivity index (χ1) is 9.81. The van der Waals surface area contributed by atoms with Gasteiger partial charge in [-0.05, 0) is 48.9 Å². The van der Waals surface area contributed by atoms with Gasteiger partial charge >= 0.3 is 0 Å². The van der Waals surface area contributed by atoms with Crippen LogP contribution in [0.1, 0.15) is 31.4 Å². The van der Waals surface area contributed by atoms with Gasteiger partial charge in [0.1, 0.15) is 11.5 Å². The second-order valence-electron chi connectivity index (χ2n) is 5.13. The van der Waals surface area contributed by atoms with Gasteiger partial charge in [0.25, 0.3) is 0 Å². The van der Waals surface area contributed by atoms with Crippen molar-refractivity contribution in [3.05, 3.63) is 23.8 Å². The molecule has 1 aliphatic heterocycles. The predicted molar refractivity (Wildman–Crippen MR) is 86.0 cm³/mol. The van der Waals surface area contributed by atoms with E-state index in [0.29, 0.717) is 12.0 Å². The van der Waals surface area contributed by atoms with Crippen LogP contribution in [-0.2, 0) is 0 Å². The summed E-state index contributed by atoms with van der Waals surface area (Å²) in [7, 11) is 3.47. The first-order valence-corrected chi connectivity index (χ1v) is 8.49. The molecule has 1 fully saturated rings. The van der Waals surface area contributed by atoms with E-state index in [2.05, 4.69) is 12.2 Å². The zero-order chi connectivity index (χ0) is 14.4. The minimum absolute atomic E-state index is 0.316. The van der Waals surface area contributed by atoms with Crippen molar-refractivity contribution >= 4 is 11.8 Å². The molecule has 2 unspecified atom stereocenters. The summed E-state index contributed by atoms with van der Waals surface area (Å²) in [6.45, 7) is 3.22. The first kappa shape index (κ1) is 15.5. The summed E-state index contributed by atoms with van der Waals surface area (Å²) in [4.78, 5) is 0. The summed E-state index contributed by atoms with van der Waals surface area (Å²) in [5.74, 6) is 4.97. The second kappa shape index (κ2) is 7.79. The quantitative estimate of drug-likeness (QED) is 0.834. The molecule has 0 spiro atoms. The van der Waals surface area contributed by atoms with Crippen LogP contribution in [0.15, 0.2) is 18.2 Å². The zero-order valence-electron chi connectivity index (χ0n) is 12.6. The van der Waals surface area contributed by atoms with E-state index in [-0.39, 0.29) is 0 Å². The van der Waals surface area contributed by atoms with E-state index < -0.39 is 0 Å². The molecule has 0 aromatic heterocycles. The van der Waals surface area contributed by atoms with Gasteiger partial charge in [-0.25, -0.2) is 0 Å². The fourth-order valence-corrected chi connectivity index (χ4v) is 4.10. The lowest BCUT2D eigenvalue weighted by Crippen LogP contribution is -2.30. The number of hydrogen-bond donors (Lipinski definition) is 1. The topological polar surface area (TPSA) is 30.5 Å². The molecule has 1 aromatic rings. The number of methoxy groups -OCH3 is 2. The molecule has 1 aromatic carbocycles. The summed E-state index contributed by atoms with van der Waals surface area (Å²) < 4.78 is 11.2. The van der Waals surface area contributed by atoms with Crippen molar-refractivity contribution in [1.82, 2.24) is 5.32 Å². The average Bonchev–Trinajstić information content (AvgIpc) is 3.01. The Morgan fingerprint density at radius 3 is 2.50 bits per heavy atom. The second-order valence-corrected chi connectivity index (χ2v) is 6.28. The summed E-state index contributed by atoms with van der Waals surface area (Å²) in [5, 5.41) is 3.70. The number of ether oxygens (including phenoxy) is 2. The highest BCUT2D eigenvalue weighted by Gasteiger charge is 2.30. The molecule has 2 rings (SSSR count). The maximum absolute atomic E-state index is 5.58. The van der Waals surface area contributed by atoms with Crippen LogP contribution in [0.4, 0.5) is 0 Å². The van der Waals surface area contributed by atoms with Crippen molar-refractivity contribution in [3.8, 4) is 11.5 Å². The van der Waals surface area contributed by atoms with Crippen molar-refractivity contribution in [2.75, 3.05) is 32.3 Å². The third-order valence-corrected chi connectivity index (χ3v) is 5.02. The van der Waals surface area contributed by atoms with Crippen LogP contribution in [0.5, 0.6) is 11.5 Å². The normalized spacial score (nSPS) is 19.9. The lowest BCUT2D eigenvalue weighted by Gasteiger charge is -2.27. The highest BCUT2D eigenvalue weighted by molar-refractivity contribution is 7.99. The molecule has 4 heteroatoms. The van der Waals surface area contributed by atoms with E-state index in [0.717, 1.165) is 24.5 Å². The number of rotatable bonds is 7. The molecule has 1 aliphatic rings. The fraction of sp³-hybridized carbons (Fsp3) is 0.625. The molecule has 20 heavy (non-hydrogen) atoms. The van der Waals surface area contributed by atoms with Crippen molar-refractivity contribution in [2.45, 2.75) is 25.8 Å². The molecule has 0 bridgehead atoms. The molecule has 3 nitrogen and oxygen atoms in total. The number of thioether (sulfide) groups is 1. The minimum Gasteiger partial charge on any atom is -0.496 e. The van der Waals surface area contributed by atoms with Gasteiger partial charge in [0.2, 0.25) is 0 Å². The maximum atomic E-state index is 5.58. The number of hydrogen-bond acceptors (Lipinski definition) is 4. The van der Waals surface area contributed by atoms with E-state index in [9.17, 15) is 0 Å². The van der Waals surface area contributed by atoms with E-state index >= 15 is 0 Å². The Bertz CT molecular complexity index is 397. The number of benzene rings is 1. The van der Waals surface area contributed by atoms with Crippen LogP contribution >= 0.6 is 11.8 Å². The molecule has 0 radical (unpaired) electrons. The lowest BCUT2D eigenvalue weighted by molar-refractivity contribution is 0.337. The smallest absolute Gasteiger partial charge is 0.127 e. The van der Waals surface area contributed by atoms with Crippen molar-refractivity contribution < 1.29 is 9.47 Å². The summed E-state index contributed by atoms with van der Waals surface area (Å²) in [5.41, 5.74) is 1.18. The minimum atomic E-state index is 0.316. The Hall–Kier alpha value is -0.870. The van der Waals surface area contributed by atoms with Gasteiger partial charge in [-0.15, -0.1) is 0 Å². The molecule has 0 aliphatic carbocycles. The van der Waals surface area contributed by atoms with Gasteiger partial charge in [-0.2, -0.15) is 11.8 Å². The molecule has 0 saturated carbocycles. The summed E-state index contributed by atoms with van der Waals surface area (Å²) in [6.07, 6.45) is 2.39. The Labute approximate surface area is 126 Å². The fourth-order valence-electron chi connectivity index (χ4n) is 2.81. The van der Waals surface area contributed by atoms with Crippen LogP contribution in [0.25, 0.3) is 0 Å². The monoisotopic (exact) mass is 295 g/mol. The van der Waals surface area contributed by atoms with Crippen LogP contribution in [0, 0.1) is 5.92 Å². The van der Waals surface area contributed by atoms with Gasteiger partial charge in [0, 0.05) is 6.04 Å². The molecule has 0 amide bonds. The molecule has 1 N–H and O–H groups in total. The van der Waals surface area contributed by atoms with Crippen LogP contribution in [-0.4, -0.2) is 32.3 Å². The average molecular weight is 295 g/mol. The number of nitrogens with one attached hydrogen (secondary N) is 1. The lowest BCUT2D eigenvalue weighted by atomic mass is 9.91. The van der Waals surface area contributed by atoms with Crippen LogP contribution in [0.2, 0.25) is 0 Å². The molecule has 2 atom stereocenters. The van der Waals surface area contributed by atoms with Crippen molar-refractivity contribution in [3.63, 3.8) is 0 Å². The molecular formula is C16H25NO2S. The van der Waals surface area contributed by atoms with Crippen molar-refractivity contribution in [1.29, 1.82) is 0 Å². The Morgan fingerprint density at radius 1 is 1.30 bits per heavy atom. The standard InChI is InChI=1S/C16H25NO2S/c1-4-9-17-16(12-8-10-20-11-12)15-13(18-2)6-5-7-14(15)19-3/h5-7,12,16-17H,4,8-11H2,1-3H3. The molecule has 1 heterocycles. The highest BCUT2D eigenvalue weighted by Crippen LogP contribution is 2.42. The predicted octanol–water partition coefficient (Wildman–Crippen LogP) is 3.50. The third kappa shape index (κ3) is 3.41. The SMILES string of the molecule is CCCNC(c1c(OC)cccc1OC)C1CCSC1. The Balaban J connectivity index is 2.35. The summed E-state index contributed by atoms with van der Waals surface area (Å²) >= 11 is 2.04. The Kier molecular flexibility index (Phi) is 6.05. The summed E-state index contributed by atoms with van der Waals surface area (Å²) in [6, 6.07) is 6.36. The third-order valence-electron chi connectivity index (χ3n) is 3.83. The van der Waals surface area contributed by atoms with Gasteiger partial charge in [0.05, 0.1) is 19.8 Å². The molecule has 1 saturated heterocycles. The van der Waals surface area contributed by atoms with E-state index in [1.807, 2.05) is 30.0 Å². The Morgan fingerprint density at radius 2 is 2.00 bits per heavy atom. The van der Waals surface area contributed by atoms with Gasteiger partial charge in [-0.1, -0.05) is 13.0 Å². The molecule has 112 valence electrons. The van der Waals surface area contributed by atoms with Gasteiger partial charge < -0.3 is 14.8 Å². The van der Waals surface area contributed by atoms with E-state index in [1.54, 1.807) is 14.2 Å². The van der Waals surface area contributed by atoms with Gasteiger partial charge in [-0.3, -0.25) is 0 Å². The van der Waals surface area contributed by atoms with E-state index in [4.69, 9.17) is 9.47 Å². The zero-order valence-corrected chi connectivity index (χ0v) is 13.5. The van der Waals surface area contributed by atoms with Crippen LogP contribution in [0.3, 0.4) is 0 Å². The van der Waals surface area contributed by atoms with Crippen molar-refractivity contribution in [2.24, 2.45) is 5.92 Å². The maximum Gasteiger partial charge on any atom is 0.127 e. The highest BCUT2D eigenvalue weighted by atomic mass is 32.2. The van der Waals surface area contributed by atoms with E-state index in [1.165, 1.54) is 23.5 Å². The first-order valence-electron chi connectivity index (χ1n) is 7.33. The largest absolute Gasteiger partial charge is 0.496 e. The molecular weight excluding hydrogens is 270 g/mol.